The summed E-state index contributed by atoms with van der Waals surface area (Å²) in [6.07, 6.45) is 6.09. The van der Waals surface area contributed by atoms with Crippen LogP contribution >= 0.6 is 11.3 Å². The summed E-state index contributed by atoms with van der Waals surface area (Å²) < 4.78 is 5.90. The number of rotatable bonds is 3. The zero-order valence-electron chi connectivity index (χ0n) is 13.9. The third-order valence-electron chi connectivity index (χ3n) is 4.89. The summed E-state index contributed by atoms with van der Waals surface area (Å²) in [4.78, 5) is 1.48. The summed E-state index contributed by atoms with van der Waals surface area (Å²) in [5.74, 6) is 2.08. The van der Waals surface area contributed by atoms with Crippen LogP contribution in [-0.2, 0) is 0 Å². The maximum absolute atomic E-state index is 5.90. The number of ether oxygens (including phenoxy) is 1. The molecule has 0 saturated heterocycles. The predicted octanol–water partition coefficient (Wildman–Crippen LogP) is 5.67. The molecule has 3 heteroatoms. The van der Waals surface area contributed by atoms with E-state index in [0.717, 1.165) is 12.2 Å². The molecule has 1 aromatic heterocycles. The van der Waals surface area contributed by atoms with E-state index in [1.54, 1.807) is 0 Å². The van der Waals surface area contributed by atoms with Gasteiger partial charge in [-0.3, -0.25) is 0 Å². The molecule has 1 aliphatic heterocycles. The van der Waals surface area contributed by atoms with E-state index in [0.29, 0.717) is 17.9 Å². The van der Waals surface area contributed by atoms with E-state index in [2.05, 4.69) is 67.9 Å². The third kappa shape index (κ3) is 2.57. The van der Waals surface area contributed by atoms with Crippen LogP contribution in [0.1, 0.15) is 48.2 Å². The van der Waals surface area contributed by atoms with Gasteiger partial charge in [-0.1, -0.05) is 12.2 Å². The molecule has 0 saturated carbocycles. The van der Waals surface area contributed by atoms with Gasteiger partial charge in [0, 0.05) is 16.5 Å². The fraction of sp³-hybridized carbons (Fsp3) is 0.400. The lowest BCUT2D eigenvalue weighted by Crippen LogP contribution is -2.28. The summed E-state index contributed by atoms with van der Waals surface area (Å²) in [7, 11) is 0. The molecule has 3 atom stereocenters. The van der Waals surface area contributed by atoms with Crippen molar-refractivity contribution in [1.29, 1.82) is 0 Å². The van der Waals surface area contributed by atoms with Crippen molar-refractivity contribution in [3.8, 4) is 5.75 Å². The van der Waals surface area contributed by atoms with Crippen molar-refractivity contribution in [2.45, 2.75) is 45.3 Å². The van der Waals surface area contributed by atoms with Crippen LogP contribution in [0.25, 0.3) is 0 Å². The molecule has 0 bridgehead atoms. The van der Waals surface area contributed by atoms with Crippen molar-refractivity contribution in [3.05, 3.63) is 57.8 Å². The van der Waals surface area contributed by atoms with Gasteiger partial charge in [-0.25, -0.2) is 0 Å². The van der Waals surface area contributed by atoms with Gasteiger partial charge in [0.2, 0.25) is 0 Å². The minimum atomic E-state index is 0.209. The third-order valence-corrected chi connectivity index (χ3v) is 5.99. The summed E-state index contributed by atoms with van der Waals surface area (Å²) in [6.45, 7) is 6.37. The number of allylic oxidation sites excluding steroid dienone is 2. The standard InChI is InChI=1S/C20H23NOS/c1-12(2)22-14-7-8-18-17(11-14)15-5-4-6-16(15)19(21-18)20-13(3)9-10-23-20/h4-5,7-12,15-16,19,21H,6H2,1-3H3. The molecule has 120 valence electrons. The van der Waals surface area contributed by atoms with Crippen LogP contribution in [0.4, 0.5) is 5.69 Å². The highest BCUT2D eigenvalue weighted by molar-refractivity contribution is 7.10. The van der Waals surface area contributed by atoms with E-state index >= 15 is 0 Å². The van der Waals surface area contributed by atoms with E-state index in [1.165, 1.54) is 21.7 Å². The minimum Gasteiger partial charge on any atom is -0.491 e. The van der Waals surface area contributed by atoms with E-state index < -0.39 is 0 Å². The number of anilines is 1. The molecule has 1 N–H and O–H groups in total. The molecule has 4 rings (SSSR count). The molecule has 2 heterocycles. The maximum atomic E-state index is 5.90. The first kappa shape index (κ1) is 14.8. The highest BCUT2D eigenvalue weighted by atomic mass is 32.1. The van der Waals surface area contributed by atoms with Gasteiger partial charge < -0.3 is 10.1 Å². The number of hydrogen-bond acceptors (Lipinski definition) is 3. The molecule has 0 fully saturated rings. The second-order valence-corrected chi connectivity index (χ2v) is 7.81. The van der Waals surface area contributed by atoms with E-state index in [9.17, 15) is 0 Å². The van der Waals surface area contributed by atoms with Crippen LogP contribution in [0.5, 0.6) is 5.75 Å². The number of aryl methyl sites for hydroxylation is 1. The second kappa shape index (κ2) is 5.72. The van der Waals surface area contributed by atoms with E-state index in [1.807, 2.05) is 11.3 Å². The molecule has 0 amide bonds. The molecule has 2 aromatic rings. The first-order chi connectivity index (χ1) is 11.1. The number of thiophene rings is 1. The lowest BCUT2D eigenvalue weighted by molar-refractivity contribution is 0.242. The molecule has 1 aliphatic carbocycles. The Morgan fingerprint density at radius 2 is 2.13 bits per heavy atom. The average Bonchev–Trinajstić information content (AvgIpc) is 3.15. The van der Waals surface area contributed by atoms with Gasteiger partial charge >= 0.3 is 0 Å². The Morgan fingerprint density at radius 3 is 2.87 bits per heavy atom. The van der Waals surface area contributed by atoms with Crippen molar-refractivity contribution in [3.63, 3.8) is 0 Å². The Labute approximate surface area is 142 Å². The van der Waals surface area contributed by atoms with Crippen molar-refractivity contribution in [2.75, 3.05) is 5.32 Å². The zero-order chi connectivity index (χ0) is 16.0. The second-order valence-electron chi connectivity index (χ2n) is 6.86. The van der Waals surface area contributed by atoms with Gasteiger partial charge in [-0.15, -0.1) is 11.3 Å². The lowest BCUT2D eigenvalue weighted by Gasteiger charge is -2.37. The summed E-state index contributed by atoms with van der Waals surface area (Å²) in [6, 6.07) is 9.15. The summed E-state index contributed by atoms with van der Waals surface area (Å²) in [5.41, 5.74) is 4.04. The van der Waals surface area contributed by atoms with E-state index in [-0.39, 0.29) is 6.10 Å². The largest absolute Gasteiger partial charge is 0.491 e. The lowest BCUT2D eigenvalue weighted by atomic mass is 9.78. The number of nitrogens with one attached hydrogen (secondary N) is 1. The molecule has 2 nitrogen and oxygen atoms in total. The predicted molar refractivity (Wildman–Crippen MR) is 97.6 cm³/mol. The van der Waals surface area contributed by atoms with Crippen LogP contribution in [0, 0.1) is 12.8 Å². The minimum absolute atomic E-state index is 0.209. The fourth-order valence-electron chi connectivity index (χ4n) is 3.88. The Balaban J connectivity index is 1.73. The number of fused-ring (bicyclic) bond motifs is 3. The average molecular weight is 325 g/mol. The highest BCUT2D eigenvalue weighted by Crippen LogP contribution is 2.51. The van der Waals surface area contributed by atoms with Crippen LogP contribution in [0.15, 0.2) is 41.8 Å². The van der Waals surface area contributed by atoms with Crippen LogP contribution in [-0.4, -0.2) is 6.10 Å². The molecule has 2 aliphatic rings. The molecule has 0 spiro atoms. The molecule has 23 heavy (non-hydrogen) atoms. The van der Waals surface area contributed by atoms with Crippen LogP contribution < -0.4 is 10.1 Å². The van der Waals surface area contributed by atoms with Crippen LogP contribution in [0.2, 0.25) is 0 Å². The summed E-state index contributed by atoms with van der Waals surface area (Å²) in [5, 5.41) is 6.01. The number of hydrogen-bond donors (Lipinski definition) is 1. The van der Waals surface area contributed by atoms with Gasteiger partial charge in [-0.05, 0) is 73.9 Å². The maximum Gasteiger partial charge on any atom is 0.120 e. The van der Waals surface area contributed by atoms with Gasteiger partial charge in [-0.2, -0.15) is 0 Å². The summed E-state index contributed by atoms with van der Waals surface area (Å²) >= 11 is 1.88. The van der Waals surface area contributed by atoms with Crippen molar-refractivity contribution < 1.29 is 4.74 Å². The van der Waals surface area contributed by atoms with Gasteiger partial charge in [0.25, 0.3) is 0 Å². The Bertz CT molecular complexity index is 746. The zero-order valence-corrected chi connectivity index (χ0v) is 14.7. The fourth-order valence-corrected chi connectivity index (χ4v) is 4.93. The quantitative estimate of drug-likeness (QED) is 0.734. The normalized spacial score (nSPS) is 25.1. The first-order valence-corrected chi connectivity index (χ1v) is 9.29. The molecule has 0 radical (unpaired) electrons. The SMILES string of the molecule is Cc1ccsc1C1Nc2ccc(OC(C)C)cc2C2C=CCC21. The molecule has 3 unspecified atom stereocenters. The van der Waals surface area contributed by atoms with Crippen LogP contribution in [0.3, 0.4) is 0 Å². The topological polar surface area (TPSA) is 21.3 Å². The highest BCUT2D eigenvalue weighted by Gasteiger charge is 2.39. The van der Waals surface area contributed by atoms with E-state index in [4.69, 9.17) is 4.74 Å². The molecular formula is C20H23NOS. The smallest absolute Gasteiger partial charge is 0.120 e. The molecule has 1 aromatic carbocycles. The monoisotopic (exact) mass is 325 g/mol. The van der Waals surface area contributed by atoms with Gasteiger partial charge in [0.05, 0.1) is 12.1 Å². The van der Waals surface area contributed by atoms with Crippen molar-refractivity contribution >= 4 is 17.0 Å². The Kier molecular flexibility index (Phi) is 3.68. The Hall–Kier alpha value is -1.74. The number of benzene rings is 1. The Morgan fingerprint density at radius 1 is 1.26 bits per heavy atom. The van der Waals surface area contributed by atoms with Gasteiger partial charge in [0.15, 0.2) is 0 Å². The van der Waals surface area contributed by atoms with Gasteiger partial charge in [0.1, 0.15) is 5.75 Å². The first-order valence-electron chi connectivity index (χ1n) is 8.41. The van der Waals surface area contributed by atoms with Crippen molar-refractivity contribution in [2.24, 2.45) is 5.92 Å². The molecular weight excluding hydrogens is 302 g/mol. The van der Waals surface area contributed by atoms with Crippen molar-refractivity contribution in [1.82, 2.24) is 0 Å².